The number of aliphatic carboxylic acids is 1. The standard InChI is InChI=1S/C15H29N3O2/c1-14(2)11-18(10-9-17(14)3)8-6-12-5-4-7-15(12,16)13(19)20/h12H,4-11,16H2,1-3H3,(H,19,20). The molecule has 3 N–H and O–H groups in total. The quantitative estimate of drug-likeness (QED) is 0.805. The van der Waals surface area contributed by atoms with Gasteiger partial charge in [-0.25, -0.2) is 0 Å². The maximum atomic E-state index is 11.4. The highest BCUT2D eigenvalue weighted by Gasteiger charge is 2.45. The number of hydrogen-bond donors (Lipinski definition) is 2. The Balaban J connectivity index is 1.88. The van der Waals surface area contributed by atoms with Crippen molar-refractivity contribution in [1.29, 1.82) is 0 Å². The summed E-state index contributed by atoms with van der Waals surface area (Å²) < 4.78 is 0. The number of nitrogens with two attached hydrogens (primary N) is 1. The van der Waals surface area contributed by atoms with E-state index < -0.39 is 11.5 Å². The van der Waals surface area contributed by atoms with Crippen molar-refractivity contribution < 1.29 is 9.90 Å². The zero-order valence-electron chi connectivity index (χ0n) is 13.1. The molecule has 5 heteroatoms. The highest BCUT2D eigenvalue weighted by atomic mass is 16.4. The van der Waals surface area contributed by atoms with Gasteiger partial charge in [0.25, 0.3) is 0 Å². The van der Waals surface area contributed by atoms with Crippen molar-refractivity contribution in [3.05, 3.63) is 0 Å². The molecule has 2 unspecified atom stereocenters. The summed E-state index contributed by atoms with van der Waals surface area (Å²) >= 11 is 0. The third kappa shape index (κ3) is 3.00. The number of likely N-dealkylation sites (N-methyl/N-ethyl adjacent to an activating group) is 1. The third-order valence-corrected chi connectivity index (χ3v) is 5.46. The molecule has 0 aromatic heterocycles. The first kappa shape index (κ1) is 15.7. The summed E-state index contributed by atoms with van der Waals surface area (Å²) in [6.45, 7) is 8.68. The lowest BCUT2D eigenvalue weighted by Gasteiger charge is -2.45. The molecule has 1 aliphatic heterocycles. The van der Waals surface area contributed by atoms with Crippen molar-refractivity contribution in [1.82, 2.24) is 9.80 Å². The Kier molecular flexibility index (Phi) is 4.42. The Hall–Kier alpha value is -0.650. The van der Waals surface area contributed by atoms with E-state index in [0.29, 0.717) is 6.42 Å². The largest absolute Gasteiger partial charge is 0.480 e. The molecule has 2 fully saturated rings. The molecule has 0 radical (unpaired) electrons. The molecule has 2 rings (SSSR count). The average Bonchev–Trinajstić information content (AvgIpc) is 2.73. The molecular weight excluding hydrogens is 254 g/mol. The van der Waals surface area contributed by atoms with Crippen LogP contribution in [0.4, 0.5) is 0 Å². The van der Waals surface area contributed by atoms with Crippen molar-refractivity contribution in [2.45, 2.75) is 50.6 Å². The Morgan fingerprint density at radius 2 is 2.10 bits per heavy atom. The predicted octanol–water partition coefficient (Wildman–Crippen LogP) is 0.985. The summed E-state index contributed by atoms with van der Waals surface area (Å²) in [4.78, 5) is 16.2. The van der Waals surface area contributed by atoms with Crippen molar-refractivity contribution >= 4 is 5.97 Å². The number of rotatable bonds is 4. The van der Waals surface area contributed by atoms with Gasteiger partial charge in [0.15, 0.2) is 0 Å². The first-order valence-electron chi connectivity index (χ1n) is 7.71. The molecule has 5 nitrogen and oxygen atoms in total. The van der Waals surface area contributed by atoms with E-state index in [1.54, 1.807) is 0 Å². The SMILES string of the molecule is CN1CCN(CCC2CCCC2(N)C(=O)O)CC1(C)C. The third-order valence-electron chi connectivity index (χ3n) is 5.46. The monoisotopic (exact) mass is 283 g/mol. The first-order valence-corrected chi connectivity index (χ1v) is 7.71. The van der Waals surface area contributed by atoms with E-state index in [9.17, 15) is 9.90 Å². The molecule has 2 aliphatic rings. The van der Waals surface area contributed by atoms with Crippen LogP contribution in [0, 0.1) is 5.92 Å². The van der Waals surface area contributed by atoms with Gasteiger partial charge >= 0.3 is 5.97 Å². The number of carbonyl (C=O) groups is 1. The van der Waals surface area contributed by atoms with Gasteiger partial charge in [-0.3, -0.25) is 9.69 Å². The number of nitrogens with zero attached hydrogens (tertiary/aromatic N) is 2. The van der Waals surface area contributed by atoms with Gasteiger partial charge in [-0.1, -0.05) is 6.42 Å². The summed E-state index contributed by atoms with van der Waals surface area (Å²) in [7, 11) is 2.17. The van der Waals surface area contributed by atoms with Crippen LogP contribution in [0.3, 0.4) is 0 Å². The maximum Gasteiger partial charge on any atom is 0.323 e. The summed E-state index contributed by atoms with van der Waals surface area (Å²) in [5.41, 5.74) is 5.32. The summed E-state index contributed by atoms with van der Waals surface area (Å²) in [6.07, 6.45) is 3.44. The summed E-state index contributed by atoms with van der Waals surface area (Å²) in [6, 6.07) is 0. The van der Waals surface area contributed by atoms with Crippen LogP contribution in [0.1, 0.15) is 39.5 Å². The van der Waals surface area contributed by atoms with Crippen LogP contribution in [-0.4, -0.2) is 65.2 Å². The van der Waals surface area contributed by atoms with E-state index in [4.69, 9.17) is 5.73 Å². The van der Waals surface area contributed by atoms with Crippen LogP contribution in [0.2, 0.25) is 0 Å². The minimum atomic E-state index is -0.984. The van der Waals surface area contributed by atoms with Crippen LogP contribution >= 0.6 is 0 Å². The maximum absolute atomic E-state index is 11.4. The first-order chi connectivity index (χ1) is 9.25. The zero-order valence-corrected chi connectivity index (χ0v) is 13.1. The van der Waals surface area contributed by atoms with Crippen molar-refractivity contribution in [3.63, 3.8) is 0 Å². The predicted molar refractivity (Wildman–Crippen MR) is 79.7 cm³/mol. The number of carboxylic acids is 1. The molecule has 116 valence electrons. The van der Waals surface area contributed by atoms with Gasteiger partial charge in [-0.15, -0.1) is 0 Å². The Morgan fingerprint density at radius 3 is 2.70 bits per heavy atom. The molecule has 20 heavy (non-hydrogen) atoms. The molecule has 0 aromatic carbocycles. The number of hydrogen-bond acceptors (Lipinski definition) is 4. The second-order valence-electron chi connectivity index (χ2n) is 7.23. The van der Waals surface area contributed by atoms with Crippen LogP contribution in [0.15, 0.2) is 0 Å². The second-order valence-corrected chi connectivity index (χ2v) is 7.23. The van der Waals surface area contributed by atoms with E-state index in [1.165, 1.54) is 0 Å². The topological polar surface area (TPSA) is 69.8 Å². The van der Waals surface area contributed by atoms with Crippen LogP contribution in [0.5, 0.6) is 0 Å². The second kappa shape index (κ2) is 5.62. The molecule has 0 amide bonds. The fourth-order valence-electron chi connectivity index (χ4n) is 3.66. The average molecular weight is 283 g/mol. The van der Waals surface area contributed by atoms with E-state index in [-0.39, 0.29) is 11.5 Å². The van der Waals surface area contributed by atoms with Crippen LogP contribution < -0.4 is 5.73 Å². The molecular formula is C15H29N3O2. The number of piperazine rings is 1. The van der Waals surface area contributed by atoms with E-state index in [0.717, 1.165) is 45.4 Å². The highest BCUT2D eigenvalue weighted by Crippen LogP contribution is 2.36. The molecule has 0 aromatic rings. The normalized spacial score (nSPS) is 35.3. The molecule has 0 bridgehead atoms. The van der Waals surface area contributed by atoms with Crippen molar-refractivity contribution in [2.75, 3.05) is 33.2 Å². The lowest BCUT2D eigenvalue weighted by molar-refractivity contribution is -0.145. The fourth-order valence-corrected chi connectivity index (χ4v) is 3.66. The van der Waals surface area contributed by atoms with Gasteiger partial charge in [0.05, 0.1) is 0 Å². The molecule has 1 aliphatic carbocycles. The van der Waals surface area contributed by atoms with Gasteiger partial charge in [0.2, 0.25) is 0 Å². The van der Waals surface area contributed by atoms with Crippen molar-refractivity contribution in [3.8, 4) is 0 Å². The Morgan fingerprint density at radius 1 is 1.40 bits per heavy atom. The van der Waals surface area contributed by atoms with Gasteiger partial charge in [0, 0.05) is 25.2 Å². The van der Waals surface area contributed by atoms with Crippen LogP contribution in [-0.2, 0) is 4.79 Å². The van der Waals surface area contributed by atoms with Gasteiger partial charge < -0.3 is 15.7 Å². The molecule has 1 saturated heterocycles. The zero-order chi connectivity index (χ0) is 15.0. The summed E-state index contributed by atoms with van der Waals surface area (Å²) in [5.74, 6) is -0.693. The van der Waals surface area contributed by atoms with Gasteiger partial charge in [0.1, 0.15) is 5.54 Å². The molecule has 1 heterocycles. The van der Waals surface area contributed by atoms with Crippen molar-refractivity contribution in [2.24, 2.45) is 11.7 Å². The Bertz CT molecular complexity index is 372. The summed E-state index contributed by atoms with van der Waals surface area (Å²) in [5, 5.41) is 9.35. The minimum absolute atomic E-state index is 0.128. The van der Waals surface area contributed by atoms with E-state index in [2.05, 4.69) is 30.7 Å². The van der Waals surface area contributed by atoms with E-state index >= 15 is 0 Å². The lowest BCUT2D eigenvalue weighted by atomic mass is 9.85. The van der Waals surface area contributed by atoms with E-state index in [1.807, 2.05) is 0 Å². The molecule has 1 saturated carbocycles. The smallest absolute Gasteiger partial charge is 0.323 e. The molecule has 2 atom stereocenters. The molecule has 0 spiro atoms. The fraction of sp³-hybridized carbons (Fsp3) is 0.933. The lowest BCUT2D eigenvalue weighted by Crippen LogP contribution is -2.58. The van der Waals surface area contributed by atoms with Crippen LogP contribution in [0.25, 0.3) is 0 Å². The minimum Gasteiger partial charge on any atom is -0.480 e. The Labute approximate surface area is 122 Å². The van der Waals surface area contributed by atoms with Gasteiger partial charge in [-0.2, -0.15) is 0 Å². The number of carboxylic acid groups (broad SMARTS) is 1. The highest BCUT2D eigenvalue weighted by molar-refractivity contribution is 5.79. The van der Waals surface area contributed by atoms with Gasteiger partial charge in [-0.05, 0) is 52.6 Å².